The standard InChI is InChI=1S/C38H59N3O8/c1-25(2)17-26(24-47-9)18-32(42)27-19-28(22-39(21-27)36(45)49-37(3,4)5)33(43)23-41(29-11-12-29)30-13-14-34-31(20-30)40(15-10-16-46-8)35(44)38(6,7)48-34/h13-14,20,25-29H,10-12,15-19,21-24H2,1-9H3/t26-,27-,28+/m0/s1. The number of Topliss-reactive ketones (excluding diaryl/α,β-unsaturated/α-hetero) is 2. The van der Waals surface area contributed by atoms with Crippen molar-refractivity contribution in [3.05, 3.63) is 18.2 Å². The number of rotatable bonds is 16. The predicted molar refractivity (Wildman–Crippen MR) is 189 cm³/mol. The molecular weight excluding hydrogens is 626 g/mol. The summed E-state index contributed by atoms with van der Waals surface area (Å²) in [5.74, 6) is 0.0527. The lowest BCUT2D eigenvalue weighted by molar-refractivity contribution is -0.133. The first-order chi connectivity index (χ1) is 23.0. The molecule has 11 nitrogen and oxygen atoms in total. The third-order valence-corrected chi connectivity index (χ3v) is 9.44. The van der Waals surface area contributed by atoms with E-state index in [1.54, 1.807) is 37.9 Å². The molecule has 2 aliphatic heterocycles. The molecule has 0 aromatic heterocycles. The number of hydrogen-bond donors (Lipinski definition) is 0. The Labute approximate surface area is 292 Å². The summed E-state index contributed by atoms with van der Waals surface area (Å²) in [5.41, 5.74) is -0.184. The molecule has 0 N–H and O–H groups in total. The minimum Gasteiger partial charge on any atom is -0.476 e. The van der Waals surface area contributed by atoms with Crippen molar-refractivity contribution in [2.45, 2.75) is 104 Å². The molecule has 11 heteroatoms. The molecule has 1 aliphatic carbocycles. The number of ketones is 2. The molecule has 1 saturated carbocycles. The smallest absolute Gasteiger partial charge is 0.410 e. The van der Waals surface area contributed by atoms with Crippen LogP contribution in [0.3, 0.4) is 0 Å². The van der Waals surface area contributed by atoms with Gasteiger partial charge in [0.25, 0.3) is 5.91 Å². The second-order valence-corrected chi connectivity index (χ2v) is 16.0. The summed E-state index contributed by atoms with van der Waals surface area (Å²) in [5, 5.41) is 0. The van der Waals surface area contributed by atoms with Crippen LogP contribution in [0.1, 0.15) is 87.0 Å². The molecule has 3 atom stereocenters. The first kappa shape index (κ1) is 38.6. The second-order valence-electron chi connectivity index (χ2n) is 16.0. The normalized spacial score (nSPS) is 21.2. The number of carbonyl (C=O) groups excluding carboxylic acids is 4. The van der Waals surface area contributed by atoms with E-state index >= 15 is 0 Å². The summed E-state index contributed by atoms with van der Waals surface area (Å²) >= 11 is 0. The lowest BCUT2D eigenvalue weighted by Gasteiger charge is -2.40. The van der Waals surface area contributed by atoms with Crippen molar-refractivity contribution in [3.8, 4) is 5.75 Å². The van der Waals surface area contributed by atoms with Crippen molar-refractivity contribution in [3.63, 3.8) is 0 Å². The predicted octanol–water partition coefficient (Wildman–Crippen LogP) is 5.91. The van der Waals surface area contributed by atoms with Crippen LogP contribution in [-0.4, -0.2) is 99.3 Å². The van der Waals surface area contributed by atoms with Gasteiger partial charge in [-0.3, -0.25) is 14.4 Å². The second kappa shape index (κ2) is 16.2. The summed E-state index contributed by atoms with van der Waals surface area (Å²) < 4.78 is 22.5. The Morgan fingerprint density at radius 1 is 1.04 bits per heavy atom. The van der Waals surface area contributed by atoms with Crippen LogP contribution in [0.25, 0.3) is 0 Å². The molecule has 274 valence electrons. The van der Waals surface area contributed by atoms with Gasteiger partial charge in [-0.2, -0.15) is 0 Å². The van der Waals surface area contributed by atoms with Gasteiger partial charge in [0.1, 0.15) is 17.1 Å². The molecule has 0 unspecified atom stereocenters. The average Bonchev–Trinajstić information content (AvgIpc) is 3.86. The van der Waals surface area contributed by atoms with Gasteiger partial charge in [0.2, 0.25) is 0 Å². The Morgan fingerprint density at radius 2 is 1.71 bits per heavy atom. The number of carbonyl (C=O) groups is 4. The molecule has 0 spiro atoms. The largest absolute Gasteiger partial charge is 0.476 e. The summed E-state index contributed by atoms with van der Waals surface area (Å²) in [6.07, 6.45) is 3.68. The Balaban J connectivity index is 1.57. The molecule has 1 aromatic rings. The van der Waals surface area contributed by atoms with Gasteiger partial charge in [-0.1, -0.05) is 13.8 Å². The molecular formula is C38H59N3O8. The molecule has 0 bridgehead atoms. The first-order valence-corrected chi connectivity index (χ1v) is 18.0. The summed E-state index contributed by atoms with van der Waals surface area (Å²) in [7, 11) is 3.29. The maximum absolute atomic E-state index is 14.2. The number of amides is 2. The number of likely N-dealkylation sites (tertiary alicyclic amines) is 1. The highest BCUT2D eigenvalue weighted by Crippen LogP contribution is 2.42. The molecule has 2 heterocycles. The van der Waals surface area contributed by atoms with Crippen LogP contribution in [0.15, 0.2) is 18.2 Å². The van der Waals surface area contributed by atoms with Gasteiger partial charge in [-0.05, 0) is 96.8 Å². The zero-order valence-electron chi connectivity index (χ0n) is 31.2. The monoisotopic (exact) mass is 685 g/mol. The summed E-state index contributed by atoms with van der Waals surface area (Å²) in [4.78, 5) is 60.2. The van der Waals surface area contributed by atoms with Crippen molar-refractivity contribution in [1.29, 1.82) is 0 Å². The highest BCUT2D eigenvalue weighted by atomic mass is 16.6. The fourth-order valence-corrected chi connectivity index (χ4v) is 7.04. The minimum absolute atomic E-state index is 0.0169. The van der Waals surface area contributed by atoms with Crippen LogP contribution in [0.4, 0.5) is 16.2 Å². The summed E-state index contributed by atoms with van der Waals surface area (Å²) in [6.45, 7) is 15.3. The molecule has 3 aliphatic rings. The van der Waals surface area contributed by atoms with E-state index in [4.69, 9.17) is 18.9 Å². The maximum atomic E-state index is 14.2. The zero-order valence-corrected chi connectivity index (χ0v) is 31.2. The van der Waals surface area contributed by atoms with Crippen LogP contribution < -0.4 is 14.5 Å². The van der Waals surface area contributed by atoms with E-state index in [0.717, 1.165) is 24.9 Å². The number of benzene rings is 1. The van der Waals surface area contributed by atoms with E-state index in [2.05, 4.69) is 18.7 Å². The van der Waals surface area contributed by atoms with Crippen LogP contribution in [-0.2, 0) is 28.6 Å². The van der Waals surface area contributed by atoms with E-state index in [-0.39, 0.29) is 49.1 Å². The average molecular weight is 686 g/mol. The van der Waals surface area contributed by atoms with Gasteiger partial charge in [0.15, 0.2) is 11.4 Å². The van der Waals surface area contributed by atoms with E-state index in [1.165, 1.54) is 0 Å². The molecule has 1 saturated heterocycles. The van der Waals surface area contributed by atoms with Gasteiger partial charge in [0.05, 0.1) is 12.2 Å². The highest BCUT2D eigenvalue weighted by molar-refractivity contribution is 6.03. The van der Waals surface area contributed by atoms with Crippen molar-refractivity contribution in [1.82, 2.24) is 4.90 Å². The number of ether oxygens (including phenoxy) is 4. The van der Waals surface area contributed by atoms with Crippen LogP contribution in [0.2, 0.25) is 0 Å². The number of anilines is 2. The molecule has 49 heavy (non-hydrogen) atoms. The highest BCUT2D eigenvalue weighted by Gasteiger charge is 2.43. The lowest BCUT2D eigenvalue weighted by Crippen LogP contribution is -2.53. The SMILES string of the molecule is COCCCN1C(=O)C(C)(C)Oc2ccc(N(CC(=O)[C@@H]3C[C@H](C(=O)C[C@@H](COC)CC(C)C)CN(C(=O)OC(C)(C)C)C3)C3CC3)cc21. The van der Waals surface area contributed by atoms with Gasteiger partial charge in [-0.25, -0.2) is 4.79 Å². The van der Waals surface area contributed by atoms with Crippen LogP contribution in [0, 0.1) is 23.7 Å². The van der Waals surface area contributed by atoms with E-state index in [9.17, 15) is 19.2 Å². The van der Waals surface area contributed by atoms with Crippen molar-refractivity contribution in [2.75, 3.05) is 63.4 Å². The Hall–Kier alpha value is -3.18. The number of piperidine rings is 1. The van der Waals surface area contributed by atoms with Crippen molar-refractivity contribution >= 4 is 34.9 Å². The quantitative estimate of drug-likeness (QED) is 0.196. The van der Waals surface area contributed by atoms with Crippen LogP contribution in [0.5, 0.6) is 5.75 Å². The number of hydrogen-bond acceptors (Lipinski definition) is 9. The fraction of sp³-hybridized carbons (Fsp3) is 0.737. The third kappa shape index (κ3) is 10.4. The molecule has 2 amide bonds. The van der Waals surface area contributed by atoms with Gasteiger partial charge >= 0.3 is 6.09 Å². The topological polar surface area (TPSA) is 115 Å². The summed E-state index contributed by atoms with van der Waals surface area (Å²) in [6, 6.07) is 5.98. The zero-order chi connectivity index (χ0) is 36.1. The van der Waals surface area contributed by atoms with Gasteiger partial charge in [-0.15, -0.1) is 0 Å². The Kier molecular flexibility index (Phi) is 12.8. The van der Waals surface area contributed by atoms with Crippen molar-refractivity contribution in [2.24, 2.45) is 23.7 Å². The number of methoxy groups -OCH3 is 2. The fourth-order valence-electron chi connectivity index (χ4n) is 7.04. The Morgan fingerprint density at radius 3 is 2.31 bits per heavy atom. The number of fused-ring (bicyclic) bond motifs is 1. The van der Waals surface area contributed by atoms with Gasteiger partial charge in [0, 0.05) is 77.1 Å². The lowest BCUT2D eigenvalue weighted by atomic mass is 9.81. The number of nitrogens with zero attached hydrogens (tertiary/aromatic N) is 3. The molecule has 2 fully saturated rings. The molecule has 4 rings (SSSR count). The Bertz CT molecular complexity index is 1330. The first-order valence-electron chi connectivity index (χ1n) is 18.0. The molecule has 0 radical (unpaired) electrons. The van der Waals surface area contributed by atoms with Crippen molar-refractivity contribution < 1.29 is 38.1 Å². The van der Waals surface area contributed by atoms with E-state index in [0.29, 0.717) is 56.4 Å². The third-order valence-electron chi connectivity index (χ3n) is 9.44. The minimum atomic E-state index is -0.999. The molecule has 1 aromatic carbocycles. The van der Waals surface area contributed by atoms with Crippen LogP contribution >= 0.6 is 0 Å². The maximum Gasteiger partial charge on any atom is 0.410 e. The van der Waals surface area contributed by atoms with E-state index in [1.807, 2.05) is 39.0 Å². The van der Waals surface area contributed by atoms with E-state index < -0.39 is 29.1 Å². The van der Waals surface area contributed by atoms with Gasteiger partial charge < -0.3 is 33.6 Å².